The summed E-state index contributed by atoms with van der Waals surface area (Å²) in [7, 11) is 0. The topological polar surface area (TPSA) is 93.9 Å². The molecule has 0 bridgehead atoms. The summed E-state index contributed by atoms with van der Waals surface area (Å²) >= 11 is 0. The number of aromatic amines is 2. The molecule has 1 aliphatic rings. The van der Waals surface area contributed by atoms with Crippen molar-refractivity contribution in [2.24, 2.45) is 5.92 Å². The molecule has 1 saturated heterocycles. The second-order valence-electron chi connectivity index (χ2n) is 5.31. The van der Waals surface area contributed by atoms with Gasteiger partial charge in [-0.05, 0) is 38.4 Å². The molecule has 1 aliphatic heterocycles. The van der Waals surface area contributed by atoms with Crippen LogP contribution in [-0.4, -0.2) is 52.2 Å². The van der Waals surface area contributed by atoms with Crippen molar-refractivity contribution < 1.29 is 4.79 Å². The molecular weight excluding hydrogens is 258 g/mol. The van der Waals surface area contributed by atoms with E-state index in [4.69, 9.17) is 0 Å². The van der Waals surface area contributed by atoms with Gasteiger partial charge in [0.05, 0.1) is 0 Å². The summed E-state index contributed by atoms with van der Waals surface area (Å²) in [6.07, 6.45) is 3.36. The molecule has 2 heterocycles. The van der Waals surface area contributed by atoms with Crippen LogP contribution in [0, 0.1) is 5.92 Å². The number of nitrogens with one attached hydrogen (secondary N) is 3. The number of carbonyl (C=O) groups excluding carboxylic acids is 1. The molecule has 2 rings (SSSR count). The highest BCUT2D eigenvalue weighted by Crippen LogP contribution is 2.19. The average molecular weight is 281 g/mol. The summed E-state index contributed by atoms with van der Waals surface area (Å²) in [6.45, 7) is 5.98. The molecule has 1 aromatic heterocycles. The van der Waals surface area contributed by atoms with Crippen LogP contribution in [0.4, 0.5) is 0 Å². The third-order valence-corrected chi connectivity index (χ3v) is 3.86. The average Bonchev–Trinajstić information content (AvgIpc) is 2.85. The number of amides is 1. The normalized spacial score (nSPS) is 17.2. The minimum Gasteiger partial charge on any atom is -0.356 e. The molecule has 1 fully saturated rings. The maximum Gasteiger partial charge on any atom is 0.340 e. The molecule has 0 aliphatic carbocycles. The van der Waals surface area contributed by atoms with Gasteiger partial charge in [-0.3, -0.25) is 9.78 Å². The molecule has 0 radical (unpaired) electrons. The van der Waals surface area contributed by atoms with Gasteiger partial charge in [0.25, 0.3) is 0 Å². The van der Waals surface area contributed by atoms with Crippen LogP contribution in [0.5, 0.6) is 0 Å². The second kappa shape index (κ2) is 7.23. The lowest BCUT2D eigenvalue weighted by Crippen LogP contribution is -2.36. The molecule has 1 aromatic rings. The minimum atomic E-state index is -0.311. The first kappa shape index (κ1) is 14.8. The summed E-state index contributed by atoms with van der Waals surface area (Å²) in [4.78, 5) is 27.7. The van der Waals surface area contributed by atoms with Crippen molar-refractivity contribution in [3.8, 4) is 0 Å². The SMILES string of the molecule is CCN1CCC(CC(=O)NCCc2n[nH]c(=O)[nH]2)CC1. The van der Waals surface area contributed by atoms with E-state index >= 15 is 0 Å². The van der Waals surface area contributed by atoms with Gasteiger partial charge in [0.15, 0.2) is 0 Å². The van der Waals surface area contributed by atoms with Crippen LogP contribution in [0.2, 0.25) is 0 Å². The van der Waals surface area contributed by atoms with Gasteiger partial charge in [-0.2, -0.15) is 5.10 Å². The lowest BCUT2D eigenvalue weighted by Gasteiger charge is -2.30. The van der Waals surface area contributed by atoms with Crippen molar-refractivity contribution in [2.45, 2.75) is 32.6 Å². The van der Waals surface area contributed by atoms with Gasteiger partial charge in [0.2, 0.25) is 5.91 Å². The van der Waals surface area contributed by atoms with Gasteiger partial charge in [-0.15, -0.1) is 0 Å². The zero-order chi connectivity index (χ0) is 14.4. The standard InChI is InChI=1S/C13H23N5O2/c1-2-18-7-4-10(5-8-18)9-12(19)14-6-3-11-15-13(20)17-16-11/h10H,2-9H2,1H3,(H,14,19)(H2,15,16,17,20). The van der Waals surface area contributed by atoms with E-state index in [2.05, 4.69) is 32.3 Å². The Bertz CT molecular complexity index is 473. The fourth-order valence-electron chi connectivity index (χ4n) is 2.59. The van der Waals surface area contributed by atoms with Gasteiger partial charge in [0, 0.05) is 19.4 Å². The van der Waals surface area contributed by atoms with Gasteiger partial charge < -0.3 is 10.2 Å². The van der Waals surface area contributed by atoms with E-state index in [1.165, 1.54) is 0 Å². The van der Waals surface area contributed by atoms with Crippen LogP contribution in [0.25, 0.3) is 0 Å². The minimum absolute atomic E-state index is 0.0952. The van der Waals surface area contributed by atoms with Crippen LogP contribution in [-0.2, 0) is 11.2 Å². The molecule has 0 atom stereocenters. The highest BCUT2D eigenvalue weighted by molar-refractivity contribution is 5.76. The van der Waals surface area contributed by atoms with E-state index in [1.807, 2.05) is 0 Å². The Morgan fingerprint density at radius 2 is 2.20 bits per heavy atom. The van der Waals surface area contributed by atoms with Crippen LogP contribution in [0.15, 0.2) is 4.79 Å². The largest absolute Gasteiger partial charge is 0.356 e. The number of likely N-dealkylation sites (tertiary alicyclic amines) is 1. The quantitative estimate of drug-likeness (QED) is 0.677. The number of rotatable bonds is 6. The molecule has 0 unspecified atom stereocenters. The molecule has 7 heteroatoms. The molecule has 0 aromatic carbocycles. The summed E-state index contributed by atoms with van der Waals surface area (Å²) < 4.78 is 0. The number of H-pyrrole nitrogens is 2. The monoisotopic (exact) mass is 281 g/mol. The van der Waals surface area contributed by atoms with Crippen molar-refractivity contribution in [3.63, 3.8) is 0 Å². The maximum atomic E-state index is 11.8. The van der Waals surface area contributed by atoms with Crippen LogP contribution >= 0.6 is 0 Å². The van der Waals surface area contributed by atoms with E-state index in [-0.39, 0.29) is 11.6 Å². The first-order valence-electron chi connectivity index (χ1n) is 7.30. The number of hydrogen-bond donors (Lipinski definition) is 3. The summed E-state index contributed by atoms with van der Waals surface area (Å²) in [6, 6.07) is 0. The van der Waals surface area contributed by atoms with Gasteiger partial charge >= 0.3 is 5.69 Å². The Morgan fingerprint density at radius 3 is 2.80 bits per heavy atom. The molecule has 3 N–H and O–H groups in total. The number of nitrogens with zero attached hydrogens (tertiary/aromatic N) is 2. The lowest BCUT2D eigenvalue weighted by atomic mass is 9.93. The van der Waals surface area contributed by atoms with Crippen LogP contribution in [0.3, 0.4) is 0 Å². The van der Waals surface area contributed by atoms with Gasteiger partial charge in [-0.1, -0.05) is 6.92 Å². The fraction of sp³-hybridized carbons (Fsp3) is 0.769. The van der Waals surface area contributed by atoms with E-state index in [0.717, 1.165) is 32.5 Å². The maximum absolute atomic E-state index is 11.8. The van der Waals surface area contributed by atoms with Crippen molar-refractivity contribution in [1.82, 2.24) is 25.4 Å². The van der Waals surface area contributed by atoms with Crippen molar-refractivity contribution in [1.29, 1.82) is 0 Å². The third-order valence-electron chi connectivity index (χ3n) is 3.86. The Labute approximate surface area is 118 Å². The number of piperidine rings is 1. The van der Waals surface area contributed by atoms with E-state index in [1.54, 1.807) is 0 Å². The fourth-order valence-corrected chi connectivity index (χ4v) is 2.59. The summed E-state index contributed by atoms with van der Waals surface area (Å²) in [5.41, 5.74) is -0.311. The molecule has 20 heavy (non-hydrogen) atoms. The Kier molecular flexibility index (Phi) is 5.34. The zero-order valence-corrected chi connectivity index (χ0v) is 11.9. The molecule has 1 amide bonds. The number of aromatic nitrogens is 3. The van der Waals surface area contributed by atoms with E-state index in [9.17, 15) is 9.59 Å². The third kappa shape index (κ3) is 4.48. The smallest absolute Gasteiger partial charge is 0.340 e. The summed E-state index contributed by atoms with van der Waals surface area (Å²) in [5.74, 6) is 1.17. The van der Waals surface area contributed by atoms with Crippen molar-refractivity contribution in [2.75, 3.05) is 26.2 Å². The van der Waals surface area contributed by atoms with Crippen molar-refractivity contribution in [3.05, 3.63) is 16.3 Å². The van der Waals surface area contributed by atoms with E-state index in [0.29, 0.717) is 31.1 Å². The Hall–Kier alpha value is -1.63. The molecule has 112 valence electrons. The first-order chi connectivity index (χ1) is 9.67. The second-order valence-corrected chi connectivity index (χ2v) is 5.31. The molecule has 0 spiro atoms. The van der Waals surface area contributed by atoms with Crippen molar-refractivity contribution >= 4 is 5.91 Å². The van der Waals surface area contributed by atoms with Gasteiger partial charge in [0.1, 0.15) is 5.82 Å². The Morgan fingerprint density at radius 1 is 1.45 bits per heavy atom. The van der Waals surface area contributed by atoms with Crippen LogP contribution in [0.1, 0.15) is 32.0 Å². The number of hydrogen-bond acceptors (Lipinski definition) is 4. The zero-order valence-electron chi connectivity index (χ0n) is 11.9. The van der Waals surface area contributed by atoms with E-state index < -0.39 is 0 Å². The first-order valence-corrected chi connectivity index (χ1v) is 7.30. The summed E-state index contributed by atoms with van der Waals surface area (Å²) in [5, 5.41) is 8.98. The highest BCUT2D eigenvalue weighted by atomic mass is 16.2. The lowest BCUT2D eigenvalue weighted by molar-refractivity contribution is -0.122. The number of carbonyl (C=O) groups is 1. The molecule has 0 saturated carbocycles. The van der Waals surface area contributed by atoms with Crippen LogP contribution < -0.4 is 11.0 Å². The van der Waals surface area contributed by atoms with Gasteiger partial charge in [-0.25, -0.2) is 9.89 Å². The predicted octanol–water partition coefficient (Wildman–Crippen LogP) is -0.121. The molecule has 7 nitrogen and oxygen atoms in total. The highest BCUT2D eigenvalue weighted by Gasteiger charge is 2.20. The Balaban J connectivity index is 1.62. The molecular formula is C13H23N5O2. The predicted molar refractivity (Wildman–Crippen MR) is 75.4 cm³/mol.